The lowest BCUT2D eigenvalue weighted by atomic mass is 10.0. The van der Waals surface area contributed by atoms with Gasteiger partial charge < -0.3 is 10.6 Å². The van der Waals surface area contributed by atoms with Crippen LogP contribution in [0.3, 0.4) is 0 Å². The number of thioether (sulfide) groups is 1. The van der Waals surface area contributed by atoms with Crippen LogP contribution in [0.15, 0.2) is 29.2 Å². The molecule has 1 aromatic carbocycles. The quantitative estimate of drug-likeness (QED) is 0.803. The second kappa shape index (κ2) is 6.81. The molecule has 98 valence electrons. The molecule has 1 amide bonds. The average molecular weight is 264 g/mol. The maximum absolute atomic E-state index is 11.9. The van der Waals surface area contributed by atoms with Crippen LogP contribution in [-0.4, -0.2) is 25.3 Å². The molecule has 0 radical (unpaired) electrons. The van der Waals surface area contributed by atoms with Gasteiger partial charge in [0.1, 0.15) is 0 Å². The zero-order chi connectivity index (χ0) is 12.8. The minimum absolute atomic E-state index is 0.128. The van der Waals surface area contributed by atoms with Crippen molar-refractivity contribution in [1.82, 2.24) is 5.32 Å². The van der Waals surface area contributed by atoms with Crippen molar-refractivity contribution >= 4 is 23.4 Å². The highest BCUT2D eigenvalue weighted by molar-refractivity contribution is 7.98. The number of para-hydroxylation sites is 1. The highest BCUT2D eigenvalue weighted by Gasteiger charge is 2.15. The van der Waals surface area contributed by atoms with Crippen LogP contribution in [0.25, 0.3) is 0 Å². The predicted octanol–water partition coefficient (Wildman–Crippen LogP) is 2.74. The van der Waals surface area contributed by atoms with Gasteiger partial charge >= 0.3 is 0 Å². The number of anilines is 1. The summed E-state index contributed by atoms with van der Waals surface area (Å²) in [5.41, 5.74) is 0.930. The van der Waals surface area contributed by atoms with Crippen LogP contribution in [0.1, 0.15) is 19.3 Å². The third kappa shape index (κ3) is 3.75. The second-order valence-electron chi connectivity index (χ2n) is 4.65. The Labute approximate surface area is 113 Å². The van der Waals surface area contributed by atoms with E-state index in [9.17, 15) is 4.79 Å². The predicted molar refractivity (Wildman–Crippen MR) is 77.1 cm³/mol. The Balaban J connectivity index is 1.82. The fourth-order valence-electron chi connectivity index (χ4n) is 2.26. The topological polar surface area (TPSA) is 41.1 Å². The summed E-state index contributed by atoms with van der Waals surface area (Å²) < 4.78 is 0. The van der Waals surface area contributed by atoms with E-state index in [0.29, 0.717) is 12.3 Å². The van der Waals surface area contributed by atoms with Gasteiger partial charge in [-0.1, -0.05) is 12.1 Å². The van der Waals surface area contributed by atoms with Crippen LogP contribution in [0, 0.1) is 5.92 Å². The summed E-state index contributed by atoms with van der Waals surface area (Å²) >= 11 is 1.66. The molecular weight excluding hydrogens is 244 g/mol. The van der Waals surface area contributed by atoms with Crippen LogP contribution in [0.5, 0.6) is 0 Å². The highest BCUT2D eigenvalue weighted by atomic mass is 32.2. The lowest BCUT2D eigenvalue weighted by Gasteiger charge is -2.11. The molecule has 3 nitrogen and oxygen atoms in total. The summed E-state index contributed by atoms with van der Waals surface area (Å²) in [5.74, 6) is 0.801. The molecule has 1 aromatic rings. The first kappa shape index (κ1) is 13.4. The lowest BCUT2D eigenvalue weighted by molar-refractivity contribution is -0.116. The van der Waals surface area contributed by atoms with Gasteiger partial charge in [-0.05, 0) is 50.2 Å². The van der Waals surface area contributed by atoms with Crippen molar-refractivity contribution in [2.45, 2.75) is 24.2 Å². The van der Waals surface area contributed by atoms with E-state index < -0.39 is 0 Å². The molecule has 2 rings (SSSR count). The molecule has 1 aliphatic rings. The smallest absolute Gasteiger partial charge is 0.224 e. The van der Waals surface area contributed by atoms with Crippen molar-refractivity contribution in [2.75, 3.05) is 24.7 Å². The second-order valence-corrected chi connectivity index (χ2v) is 5.49. The standard InChI is InChI=1S/C14H20N2OS/c1-18-13-5-3-2-4-12(13)16-14(17)7-6-11-8-9-15-10-11/h2-5,11,15H,6-10H2,1H3,(H,16,17). The van der Waals surface area contributed by atoms with E-state index >= 15 is 0 Å². The van der Waals surface area contributed by atoms with Gasteiger partial charge in [-0.3, -0.25) is 4.79 Å². The van der Waals surface area contributed by atoms with E-state index in [1.165, 1.54) is 6.42 Å². The molecule has 0 saturated carbocycles. The van der Waals surface area contributed by atoms with E-state index in [1.54, 1.807) is 11.8 Å². The summed E-state index contributed by atoms with van der Waals surface area (Å²) in [6.07, 6.45) is 4.83. The maximum atomic E-state index is 11.9. The van der Waals surface area contributed by atoms with Gasteiger partial charge in [0.25, 0.3) is 0 Å². The summed E-state index contributed by atoms with van der Waals surface area (Å²) in [6.45, 7) is 2.16. The summed E-state index contributed by atoms with van der Waals surface area (Å²) in [7, 11) is 0. The van der Waals surface area contributed by atoms with Gasteiger partial charge in [0.05, 0.1) is 5.69 Å². The molecule has 1 saturated heterocycles. The molecule has 0 aliphatic carbocycles. The van der Waals surface area contributed by atoms with E-state index in [-0.39, 0.29) is 5.91 Å². The fourth-order valence-corrected chi connectivity index (χ4v) is 2.81. The van der Waals surface area contributed by atoms with Crippen molar-refractivity contribution in [1.29, 1.82) is 0 Å². The van der Waals surface area contributed by atoms with Crippen LogP contribution in [0.2, 0.25) is 0 Å². The van der Waals surface area contributed by atoms with Gasteiger partial charge in [-0.2, -0.15) is 0 Å². The number of benzene rings is 1. The van der Waals surface area contributed by atoms with Gasteiger partial charge in [-0.25, -0.2) is 0 Å². The van der Waals surface area contributed by atoms with Crippen molar-refractivity contribution < 1.29 is 4.79 Å². The summed E-state index contributed by atoms with van der Waals surface area (Å²) in [4.78, 5) is 13.0. The minimum atomic E-state index is 0.128. The molecule has 0 spiro atoms. The van der Waals surface area contributed by atoms with Crippen molar-refractivity contribution in [3.63, 3.8) is 0 Å². The normalized spacial score (nSPS) is 18.8. The number of amides is 1. The highest BCUT2D eigenvalue weighted by Crippen LogP contribution is 2.25. The molecule has 0 bridgehead atoms. The van der Waals surface area contributed by atoms with E-state index in [0.717, 1.165) is 30.1 Å². The molecule has 1 fully saturated rings. The first-order valence-electron chi connectivity index (χ1n) is 6.43. The molecule has 1 aliphatic heterocycles. The molecule has 1 unspecified atom stereocenters. The molecule has 1 atom stereocenters. The Kier molecular flexibility index (Phi) is 5.08. The Morgan fingerprint density at radius 1 is 1.50 bits per heavy atom. The first-order valence-corrected chi connectivity index (χ1v) is 7.65. The Morgan fingerprint density at radius 3 is 3.06 bits per heavy atom. The third-order valence-electron chi connectivity index (χ3n) is 3.32. The van der Waals surface area contributed by atoms with E-state index in [4.69, 9.17) is 0 Å². The van der Waals surface area contributed by atoms with Gasteiger partial charge in [0, 0.05) is 11.3 Å². The number of rotatable bonds is 5. The van der Waals surface area contributed by atoms with E-state index in [2.05, 4.69) is 10.6 Å². The van der Waals surface area contributed by atoms with Crippen LogP contribution >= 0.6 is 11.8 Å². The zero-order valence-corrected chi connectivity index (χ0v) is 11.6. The first-order chi connectivity index (χ1) is 8.79. The van der Waals surface area contributed by atoms with Crippen LogP contribution < -0.4 is 10.6 Å². The lowest BCUT2D eigenvalue weighted by Crippen LogP contribution is -2.15. The number of carbonyl (C=O) groups is 1. The van der Waals surface area contributed by atoms with Gasteiger partial charge in [0.2, 0.25) is 5.91 Å². The zero-order valence-electron chi connectivity index (χ0n) is 10.7. The SMILES string of the molecule is CSc1ccccc1NC(=O)CCC1CCNC1. The van der Waals surface area contributed by atoms with Gasteiger partial charge in [0.15, 0.2) is 0 Å². The van der Waals surface area contributed by atoms with E-state index in [1.807, 2.05) is 30.5 Å². The number of nitrogens with one attached hydrogen (secondary N) is 2. The molecular formula is C14H20N2OS. The average Bonchev–Trinajstić information content (AvgIpc) is 2.90. The molecule has 18 heavy (non-hydrogen) atoms. The Hall–Kier alpha value is -1.00. The molecule has 1 heterocycles. The van der Waals surface area contributed by atoms with Gasteiger partial charge in [-0.15, -0.1) is 11.8 Å². The number of hydrogen-bond donors (Lipinski definition) is 2. The summed E-state index contributed by atoms with van der Waals surface area (Å²) in [6, 6.07) is 7.93. The Morgan fingerprint density at radius 2 is 2.33 bits per heavy atom. The summed E-state index contributed by atoms with van der Waals surface area (Å²) in [5, 5.41) is 6.33. The molecule has 4 heteroatoms. The number of hydrogen-bond acceptors (Lipinski definition) is 3. The Bertz CT molecular complexity index is 403. The monoisotopic (exact) mass is 264 g/mol. The van der Waals surface area contributed by atoms with Crippen LogP contribution in [0.4, 0.5) is 5.69 Å². The van der Waals surface area contributed by atoms with Crippen molar-refractivity contribution in [3.05, 3.63) is 24.3 Å². The minimum Gasteiger partial charge on any atom is -0.325 e. The van der Waals surface area contributed by atoms with Crippen molar-refractivity contribution in [2.24, 2.45) is 5.92 Å². The third-order valence-corrected chi connectivity index (χ3v) is 4.12. The fraction of sp³-hybridized carbons (Fsp3) is 0.500. The maximum Gasteiger partial charge on any atom is 0.224 e. The van der Waals surface area contributed by atoms with Crippen LogP contribution in [-0.2, 0) is 4.79 Å². The molecule has 2 N–H and O–H groups in total. The number of carbonyl (C=O) groups excluding carboxylic acids is 1. The van der Waals surface area contributed by atoms with Crippen molar-refractivity contribution in [3.8, 4) is 0 Å². The largest absolute Gasteiger partial charge is 0.325 e. The molecule has 0 aromatic heterocycles.